The smallest absolute Gasteiger partial charge is 0.341 e. The Morgan fingerprint density at radius 2 is 2.05 bits per heavy atom. The van der Waals surface area contributed by atoms with Gasteiger partial charge in [0, 0.05) is 4.88 Å². The van der Waals surface area contributed by atoms with Gasteiger partial charge in [-0.3, -0.25) is 4.79 Å². The number of hydrogen-bond acceptors (Lipinski definition) is 6. The zero-order valence-electron chi connectivity index (χ0n) is 11.9. The number of rotatable bonds is 3. The minimum Gasteiger partial charge on any atom is -0.465 e. The molecule has 2 rings (SSSR count). The van der Waals surface area contributed by atoms with Gasteiger partial charge in [-0.05, 0) is 31.5 Å². The summed E-state index contributed by atoms with van der Waals surface area (Å²) in [5, 5.41) is 3.16. The number of nitrogens with two attached hydrogens (primary N) is 1. The van der Waals surface area contributed by atoms with Gasteiger partial charge in [0.25, 0.3) is 5.91 Å². The molecule has 7 heteroatoms. The van der Waals surface area contributed by atoms with E-state index < -0.39 is 11.9 Å². The van der Waals surface area contributed by atoms with Crippen LogP contribution in [0.5, 0.6) is 0 Å². The van der Waals surface area contributed by atoms with Crippen LogP contribution >= 0.6 is 11.3 Å². The van der Waals surface area contributed by atoms with E-state index in [-0.39, 0.29) is 5.69 Å². The molecule has 0 saturated heterocycles. The van der Waals surface area contributed by atoms with Crippen LogP contribution in [-0.2, 0) is 4.74 Å². The fourth-order valence-electron chi connectivity index (χ4n) is 1.77. The predicted molar refractivity (Wildman–Crippen MR) is 81.7 cm³/mol. The topological polar surface area (TPSA) is 94.3 Å². The van der Waals surface area contributed by atoms with Gasteiger partial charge in [-0.1, -0.05) is 0 Å². The fraction of sp³-hybridized carbons (Fsp3) is 0.214. The molecule has 0 atom stereocenters. The van der Waals surface area contributed by atoms with Crippen LogP contribution in [0, 0.1) is 13.8 Å². The van der Waals surface area contributed by atoms with Crippen molar-refractivity contribution >= 4 is 33.9 Å². The van der Waals surface area contributed by atoms with Crippen LogP contribution in [0.3, 0.4) is 0 Å². The number of aryl methyl sites for hydroxylation is 1. The van der Waals surface area contributed by atoms with Gasteiger partial charge in [0.15, 0.2) is 0 Å². The lowest BCUT2D eigenvalue weighted by molar-refractivity contribution is 0.0601. The normalized spacial score (nSPS) is 10.2. The van der Waals surface area contributed by atoms with E-state index in [0.29, 0.717) is 16.3 Å². The van der Waals surface area contributed by atoms with E-state index in [4.69, 9.17) is 10.5 Å². The molecule has 0 aliphatic heterocycles. The molecule has 110 valence electrons. The van der Waals surface area contributed by atoms with Gasteiger partial charge in [0.2, 0.25) is 0 Å². The average molecular weight is 305 g/mol. The average Bonchev–Trinajstić information content (AvgIpc) is 2.73. The van der Waals surface area contributed by atoms with Gasteiger partial charge in [-0.15, -0.1) is 11.3 Å². The van der Waals surface area contributed by atoms with E-state index in [2.05, 4.69) is 10.3 Å². The van der Waals surface area contributed by atoms with Crippen LogP contribution in [0.25, 0.3) is 0 Å². The molecule has 0 bridgehead atoms. The number of hydrogen-bond donors (Lipinski definition) is 2. The van der Waals surface area contributed by atoms with Crippen LogP contribution in [0.15, 0.2) is 18.3 Å². The zero-order chi connectivity index (χ0) is 15.6. The number of anilines is 2. The van der Waals surface area contributed by atoms with Crippen molar-refractivity contribution in [1.82, 2.24) is 4.98 Å². The number of thiophene rings is 1. The Labute approximate surface area is 125 Å². The van der Waals surface area contributed by atoms with Gasteiger partial charge < -0.3 is 15.8 Å². The Kier molecular flexibility index (Phi) is 4.23. The van der Waals surface area contributed by atoms with Crippen molar-refractivity contribution in [2.75, 3.05) is 18.2 Å². The first kappa shape index (κ1) is 15.0. The standard InChI is InChI=1S/C14H15N3O3S/c1-7-8(2)21-13(11(7)14(19)20-3)17-12(18)10-5-4-9(15)6-16-10/h4-6H,15H2,1-3H3,(H,17,18). The molecule has 21 heavy (non-hydrogen) atoms. The van der Waals surface area contributed by atoms with Gasteiger partial charge in [-0.2, -0.15) is 0 Å². The summed E-state index contributed by atoms with van der Waals surface area (Å²) in [6, 6.07) is 3.11. The van der Waals surface area contributed by atoms with Gasteiger partial charge in [0.1, 0.15) is 10.7 Å². The maximum atomic E-state index is 12.1. The Bertz CT molecular complexity index is 692. The van der Waals surface area contributed by atoms with E-state index >= 15 is 0 Å². The molecule has 2 aromatic rings. The first-order valence-corrected chi connectivity index (χ1v) is 6.97. The van der Waals surface area contributed by atoms with Gasteiger partial charge >= 0.3 is 5.97 Å². The second-order valence-corrected chi connectivity index (χ2v) is 5.63. The number of nitrogen functional groups attached to an aromatic ring is 1. The summed E-state index contributed by atoms with van der Waals surface area (Å²) in [6.07, 6.45) is 1.40. The second kappa shape index (κ2) is 5.92. The summed E-state index contributed by atoms with van der Waals surface area (Å²) >= 11 is 1.33. The van der Waals surface area contributed by atoms with Crippen LogP contribution in [0.2, 0.25) is 0 Å². The summed E-state index contributed by atoms with van der Waals surface area (Å²) in [7, 11) is 1.31. The molecule has 2 aromatic heterocycles. The molecular formula is C14H15N3O3S. The molecule has 1 amide bonds. The van der Waals surface area contributed by atoms with E-state index in [1.165, 1.54) is 30.7 Å². The maximum absolute atomic E-state index is 12.1. The Balaban J connectivity index is 2.31. The van der Waals surface area contributed by atoms with E-state index in [0.717, 1.165) is 10.4 Å². The van der Waals surface area contributed by atoms with E-state index in [1.54, 1.807) is 6.07 Å². The van der Waals surface area contributed by atoms with Crippen LogP contribution < -0.4 is 11.1 Å². The zero-order valence-corrected chi connectivity index (χ0v) is 12.7. The highest BCUT2D eigenvalue weighted by atomic mass is 32.1. The summed E-state index contributed by atoms with van der Waals surface area (Å²) < 4.78 is 4.76. The van der Waals surface area contributed by atoms with Crippen molar-refractivity contribution < 1.29 is 14.3 Å². The number of nitrogens with zero attached hydrogens (tertiary/aromatic N) is 1. The number of amides is 1. The maximum Gasteiger partial charge on any atom is 0.341 e. The van der Waals surface area contributed by atoms with Gasteiger partial charge in [-0.25, -0.2) is 9.78 Å². The molecule has 0 aromatic carbocycles. The SMILES string of the molecule is COC(=O)c1c(NC(=O)c2ccc(N)cn2)sc(C)c1C. The Hall–Kier alpha value is -2.41. The van der Waals surface area contributed by atoms with Crippen molar-refractivity contribution in [3.8, 4) is 0 Å². The van der Waals surface area contributed by atoms with Crippen LogP contribution in [-0.4, -0.2) is 24.0 Å². The molecule has 0 radical (unpaired) electrons. The number of carbonyl (C=O) groups is 2. The number of aromatic nitrogens is 1. The summed E-state index contributed by atoms with van der Waals surface area (Å²) in [4.78, 5) is 28.9. The van der Waals surface area contributed by atoms with Crippen molar-refractivity contribution in [3.05, 3.63) is 40.0 Å². The number of carbonyl (C=O) groups excluding carboxylic acids is 2. The quantitative estimate of drug-likeness (QED) is 0.849. The minimum absolute atomic E-state index is 0.226. The molecule has 3 N–H and O–H groups in total. The lowest BCUT2D eigenvalue weighted by atomic mass is 10.1. The molecule has 0 unspecified atom stereocenters. The molecule has 0 aliphatic rings. The number of methoxy groups -OCH3 is 1. The van der Waals surface area contributed by atoms with Crippen molar-refractivity contribution in [2.45, 2.75) is 13.8 Å². The lowest BCUT2D eigenvalue weighted by Crippen LogP contribution is -2.15. The molecule has 2 heterocycles. The number of nitrogens with one attached hydrogen (secondary N) is 1. The molecule has 0 aliphatic carbocycles. The fourth-order valence-corrected chi connectivity index (χ4v) is 2.81. The van der Waals surface area contributed by atoms with Crippen molar-refractivity contribution in [1.29, 1.82) is 0 Å². The molecule has 0 fully saturated rings. The monoisotopic (exact) mass is 305 g/mol. The van der Waals surface area contributed by atoms with E-state index in [1.807, 2.05) is 13.8 Å². The Morgan fingerprint density at radius 3 is 2.62 bits per heavy atom. The largest absolute Gasteiger partial charge is 0.465 e. The van der Waals surface area contributed by atoms with Crippen molar-refractivity contribution in [3.63, 3.8) is 0 Å². The van der Waals surface area contributed by atoms with E-state index in [9.17, 15) is 9.59 Å². The number of pyridine rings is 1. The first-order valence-electron chi connectivity index (χ1n) is 6.15. The van der Waals surface area contributed by atoms with Crippen molar-refractivity contribution in [2.24, 2.45) is 0 Å². The molecular weight excluding hydrogens is 290 g/mol. The predicted octanol–water partition coefficient (Wildman–Crippen LogP) is 2.38. The van der Waals surface area contributed by atoms with Crippen LogP contribution in [0.4, 0.5) is 10.7 Å². The minimum atomic E-state index is -0.475. The third kappa shape index (κ3) is 3.03. The first-order chi connectivity index (χ1) is 9.93. The second-order valence-electron chi connectivity index (χ2n) is 4.41. The molecule has 6 nitrogen and oxygen atoms in total. The number of ether oxygens (including phenoxy) is 1. The highest BCUT2D eigenvalue weighted by Gasteiger charge is 2.22. The van der Waals surface area contributed by atoms with Gasteiger partial charge in [0.05, 0.1) is 24.6 Å². The summed E-state index contributed by atoms with van der Waals surface area (Å²) in [6.45, 7) is 3.69. The highest BCUT2D eigenvalue weighted by Crippen LogP contribution is 2.33. The molecule has 0 spiro atoms. The third-order valence-corrected chi connectivity index (χ3v) is 4.14. The third-order valence-electron chi connectivity index (χ3n) is 3.02. The highest BCUT2D eigenvalue weighted by molar-refractivity contribution is 7.16. The number of esters is 1. The molecule has 0 saturated carbocycles. The summed E-state index contributed by atoms with van der Waals surface area (Å²) in [5.74, 6) is -0.876. The summed E-state index contributed by atoms with van der Waals surface area (Å²) in [5.41, 5.74) is 7.41. The lowest BCUT2D eigenvalue weighted by Gasteiger charge is -2.06. The Morgan fingerprint density at radius 1 is 1.33 bits per heavy atom. The van der Waals surface area contributed by atoms with Crippen LogP contribution in [0.1, 0.15) is 31.3 Å².